The molecule has 6 heteroatoms. The highest BCUT2D eigenvalue weighted by Gasteiger charge is 2.14. The van der Waals surface area contributed by atoms with E-state index in [-0.39, 0.29) is 10.6 Å². The summed E-state index contributed by atoms with van der Waals surface area (Å²) in [5.41, 5.74) is 1.51. The minimum atomic E-state index is -0.385. The molecule has 19 heavy (non-hydrogen) atoms. The first-order valence-electron chi connectivity index (χ1n) is 6.06. The molecule has 100 valence electrons. The first-order chi connectivity index (χ1) is 9.13. The maximum absolute atomic E-state index is 11.0. The summed E-state index contributed by atoms with van der Waals surface area (Å²) in [6.45, 7) is 2.77. The molecule has 0 fully saturated rings. The number of nitro groups is 1. The van der Waals surface area contributed by atoms with Crippen LogP contribution in [0.5, 0.6) is 0 Å². The molecule has 2 N–H and O–H groups in total. The number of pyridine rings is 1. The van der Waals surface area contributed by atoms with Gasteiger partial charge in [0.1, 0.15) is 5.52 Å². The van der Waals surface area contributed by atoms with E-state index in [4.69, 9.17) is 0 Å². The summed E-state index contributed by atoms with van der Waals surface area (Å²) >= 11 is 0. The number of nitrogens with zero attached hydrogens (tertiary/aromatic N) is 2. The van der Waals surface area contributed by atoms with Crippen molar-refractivity contribution in [2.45, 2.75) is 13.0 Å². The lowest BCUT2D eigenvalue weighted by Crippen LogP contribution is -2.29. The maximum atomic E-state index is 11.0. The Bertz CT molecular complexity index is 600. The molecule has 0 bridgehead atoms. The molecule has 0 radical (unpaired) electrons. The minimum Gasteiger partial charge on any atom is -0.382 e. The van der Waals surface area contributed by atoms with Crippen molar-refractivity contribution in [3.8, 4) is 0 Å². The number of aromatic nitrogens is 1. The number of likely N-dealkylation sites (N-methyl/N-ethyl adjacent to an activating group) is 1. The van der Waals surface area contributed by atoms with E-state index in [2.05, 4.69) is 15.6 Å². The highest BCUT2D eigenvalue weighted by atomic mass is 16.6. The minimum absolute atomic E-state index is 0.0790. The molecule has 1 heterocycles. The molecule has 0 saturated carbocycles. The van der Waals surface area contributed by atoms with Crippen molar-refractivity contribution in [2.24, 2.45) is 0 Å². The molecular weight excluding hydrogens is 244 g/mol. The van der Waals surface area contributed by atoms with Gasteiger partial charge in [0, 0.05) is 24.8 Å². The number of hydrogen-bond acceptors (Lipinski definition) is 5. The van der Waals surface area contributed by atoms with Crippen molar-refractivity contribution in [1.29, 1.82) is 0 Å². The number of fused-ring (bicyclic) bond motifs is 1. The zero-order valence-electron chi connectivity index (χ0n) is 10.9. The molecule has 0 saturated heterocycles. The lowest BCUT2D eigenvalue weighted by atomic mass is 10.1. The summed E-state index contributed by atoms with van der Waals surface area (Å²) in [7, 11) is 1.89. The predicted molar refractivity (Wildman–Crippen MR) is 75.4 cm³/mol. The number of hydrogen-bond donors (Lipinski definition) is 2. The summed E-state index contributed by atoms with van der Waals surface area (Å²) in [5.74, 6) is 0. The van der Waals surface area contributed by atoms with Gasteiger partial charge in [-0.3, -0.25) is 15.1 Å². The van der Waals surface area contributed by atoms with E-state index < -0.39 is 0 Å². The molecule has 0 aliphatic heterocycles. The number of benzene rings is 1. The van der Waals surface area contributed by atoms with Crippen LogP contribution in [0.25, 0.3) is 10.9 Å². The molecule has 1 aromatic heterocycles. The Hall–Kier alpha value is -2.21. The van der Waals surface area contributed by atoms with Crippen LogP contribution in [0.4, 0.5) is 11.4 Å². The number of non-ortho nitro benzene ring substituents is 1. The molecule has 1 atom stereocenters. The van der Waals surface area contributed by atoms with E-state index in [0.717, 1.165) is 12.2 Å². The van der Waals surface area contributed by atoms with E-state index in [0.29, 0.717) is 16.9 Å². The number of anilines is 1. The van der Waals surface area contributed by atoms with Gasteiger partial charge < -0.3 is 10.6 Å². The van der Waals surface area contributed by atoms with Gasteiger partial charge >= 0.3 is 0 Å². The van der Waals surface area contributed by atoms with Crippen molar-refractivity contribution in [3.05, 3.63) is 40.6 Å². The molecule has 2 aromatic rings. The van der Waals surface area contributed by atoms with E-state index >= 15 is 0 Å². The Morgan fingerprint density at radius 2 is 2.21 bits per heavy atom. The second-order valence-electron chi connectivity index (χ2n) is 4.36. The molecule has 1 unspecified atom stereocenters. The van der Waals surface area contributed by atoms with Crippen LogP contribution in [0.15, 0.2) is 30.5 Å². The quantitative estimate of drug-likeness (QED) is 0.636. The van der Waals surface area contributed by atoms with Crippen molar-refractivity contribution in [2.75, 3.05) is 18.9 Å². The number of rotatable bonds is 5. The lowest BCUT2D eigenvalue weighted by molar-refractivity contribution is -0.383. The average molecular weight is 260 g/mol. The van der Waals surface area contributed by atoms with Crippen LogP contribution in [0.2, 0.25) is 0 Å². The Balaban J connectivity index is 2.41. The molecule has 2 rings (SSSR count). The van der Waals surface area contributed by atoms with Crippen molar-refractivity contribution < 1.29 is 4.92 Å². The summed E-state index contributed by atoms with van der Waals surface area (Å²) < 4.78 is 0. The van der Waals surface area contributed by atoms with Crippen LogP contribution in [0.3, 0.4) is 0 Å². The Morgan fingerprint density at radius 1 is 1.42 bits per heavy atom. The molecule has 0 aliphatic carbocycles. The van der Waals surface area contributed by atoms with Crippen molar-refractivity contribution in [3.63, 3.8) is 0 Å². The zero-order valence-corrected chi connectivity index (χ0v) is 10.9. The zero-order chi connectivity index (χ0) is 13.8. The van der Waals surface area contributed by atoms with Crippen molar-refractivity contribution in [1.82, 2.24) is 10.3 Å². The maximum Gasteiger partial charge on any atom is 0.278 e. The smallest absolute Gasteiger partial charge is 0.278 e. The van der Waals surface area contributed by atoms with Crippen LogP contribution in [-0.2, 0) is 0 Å². The summed E-state index contributed by atoms with van der Waals surface area (Å²) in [4.78, 5) is 14.8. The van der Waals surface area contributed by atoms with Gasteiger partial charge in [0.25, 0.3) is 5.69 Å². The average Bonchev–Trinajstić information content (AvgIpc) is 2.43. The summed E-state index contributed by atoms with van der Waals surface area (Å²) in [5, 5.41) is 17.9. The molecule has 0 aliphatic rings. The molecule has 6 nitrogen and oxygen atoms in total. The normalized spacial score (nSPS) is 12.3. The highest BCUT2D eigenvalue weighted by Crippen LogP contribution is 2.29. The predicted octanol–water partition coefficient (Wildman–Crippen LogP) is 2.16. The second-order valence-corrected chi connectivity index (χ2v) is 4.36. The van der Waals surface area contributed by atoms with Gasteiger partial charge in [-0.15, -0.1) is 0 Å². The SMILES string of the molecule is CNC(C)CNc1ccc([N+](=O)[O-])c2cccnc12. The van der Waals surface area contributed by atoms with Crippen LogP contribution < -0.4 is 10.6 Å². The van der Waals surface area contributed by atoms with Gasteiger partial charge in [-0.05, 0) is 32.2 Å². The monoisotopic (exact) mass is 260 g/mol. The van der Waals surface area contributed by atoms with Crippen molar-refractivity contribution >= 4 is 22.3 Å². The van der Waals surface area contributed by atoms with Gasteiger partial charge in [0.2, 0.25) is 0 Å². The van der Waals surface area contributed by atoms with Crippen LogP contribution in [0.1, 0.15) is 6.92 Å². The molecular formula is C13H16N4O2. The molecule has 1 aromatic carbocycles. The topological polar surface area (TPSA) is 80.1 Å². The van der Waals surface area contributed by atoms with Gasteiger partial charge in [0.05, 0.1) is 16.0 Å². The fourth-order valence-corrected chi connectivity index (χ4v) is 1.82. The Morgan fingerprint density at radius 3 is 2.89 bits per heavy atom. The Kier molecular flexibility index (Phi) is 3.91. The fraction of sp³-hybridized carbons (Fsp3) is 0.308. The first-order valence-corrected chi connectivity index (χ1v) is 6.06. The van der Waals surface area contributed by atoms with Crippen LogP contribution in [-0.4, -0.2) is 29.5 Å². The van der Waals surface area contributed by atoms with Crippen LogP contribution >= 0.6 is 0 Å². The summed E-state index contributed by atoms with van der Waals surface area (Å²) in [6, 6.07) is 6.93. The van der Waals surface area contributed by atoms with E-state index in [1.165, 1.54) is 6.07 Å². The first kappa shape index (κ1) is 13.2. The number of nitrogens with one attached hydrogen (secondary N) is 2. The van der Waals surface area contributed by atoms with Crippen LogP contribution in [0, 0.1) is 10.1 Å². The third kappa shape index (κ3) is 2.79. The standard InChI is InChI=1S/C13H16N4O2/c1-9(14-2)8-16-11-5-6-12(17(18)19)10-4-3-7-15-13(10)11/h3-7,9,14,16H,8H2,1-2H3. The summed E-state index contributed by atoms with van der Waals surface area (Å²) in [6.07, 6.45) is 1.64. The third-order valence-electron chi connectivity index (χ3n) is 3.03. The van der Waals surface area contributed by atoms with Gasteiger partial charge in [0.15, 0.2) is 0 Å². The molecule has 0 spiro atoms. The van der Waals surface area contributed by atoms with E-state index in [9.17, 15) is 10.1 Å². The molecule has 0 amide bonds. The van der Waals surface area contributed by atoms with Gasteiger partial charge in [-0.25, -0.2) is 0 Å². The fourth-order valence-electron chi connectivity index (χ4n) is 1.82. The van der Waals surface area contributed by atoms with E-state index in [1.807, 2.05) is 14.0 Å². The number of nitro benzene ring substituents is 1. The van der Waals surface area contributed by atoms with Gasteiger partial charge in [-0.1, -0.05) is 0 Å². The lowest BCUT2D eigenvalue weighted by Gasteiger charge is -2.13. The largest absolute Gasteiger partial charge is 0.382 e. The Labute approximate surface area is 111 Å². The highest BCUT2D eigenvalue weighted by molar-refractivity contribution is 5.96. The van der Waals surface area contributed by atoms with E-state index in [1.54, 1.807) is 24.4 Å². The van der Waals surface area contributed by atoms with Gasteiger partial charge in [-0.2, -0.15) is 0 Å². The third-order valence-corrected chi connectivity index (χ3v) is 3.03. The second kappa shape index (κ2) is 5.62.